The zero-order valence-corrected chi connectivity index (χ0v) is 28.3. The van der Waals surface area contributed by atoms with Gasteiger partial charge in [-0.15, -0.1) is 0 Å². The molecule has 0 radical (unpaired) electrons. The molecule has 9 nitrogen and oxygen atoms in total. The Kier molecular flexibility index (Phi) is 11.0. The van der Waals surface area contributed by atoms with E-state index in [9.17, 15) is 19.2 Å². The third-order valence-electron chi connectivity index (χ3n) is 9.06. The molecule has 1 saturated heterocycles. The number of fused-ring (bicyclic) bond motifs is 1. The molecule has 2 heterocycles. The first-order valence-corrected chi connectivity index (χ1v) is 16.8. The van der Waals surface area contributed by atoms with Crippen molar-refractivity contribution in [1.82, 2.24) is 10.6 Å². The van der Waals surface area contributed by atoms with Crippen molar-refractivity contribution < 1.29 is 33.4 Å². The van der Waals surface area contributed by atoms with E-state index in [0.717, 1.165) is 21.9 Å². The number of rotatable bonds is 7. The zero-order valence-electron chi connectivity index (χ0n) is 28.3. The van der Waals surface area contributed by atoms with Gasteiger partial charge in [-0.25, -0.2) is 4.79 Å². The average molecular weight is 655 g/mol. The van der Waals surface area contributed by atoms with Gasteiger partial charge >= 0.3 is 11.9 Å². The van der Waals surface area contributed by atoms with Crippen molar-refractivity contribution in [1.29, 1.82) is 0 Å². The van der Waals surface area contributed by atoms with E-state index in [1.54, 1.807) is 19.9 Å². The number of hydrogen-bond donors (Lipinski definition) is 2. The molecule has 2 N–H and O–H groups in total. The highest BCUT2D eigenvalue weighted by molar-refractivity contribution is 5.94. The van der Waals surface area contributed by atoms with Crippen LogP contribution in [0, 0.1) is 17.3 Å². The number of esters is 2. The minimum atomic E-state index is -1.17. The van der Waals surface area contributed by atoms with E-state index in [4.69, 9.17) is 14.2 Å². The van der Waals surface area contributed by atoms with Gasteiger partial charge < -0.3 is 24.8 Å². The van der Waals surface area contributed by atoms with Gasteiger partial charge in [-0.2, -0.15) is 0 Å². The molecule has 0 aliphatic carbocycles. The lowest BCUT2D eigenvalue weighted by atomic mass is 9.92. The summed E-state index contributed by atoms with van der Waals surface area (Å²) in [5.74, 6) is -2.37. The largest absolute Gasteiger partial charge is 0.459 e. The first kappa shape index (κ1) is 34.8. The maximum absolute atomic E-state index is 13.6. The molecule has 0 spiro atoms. The van der Waals surface area contributed by atoms with Crippen LogP contribution in [0.4, 0.5) is 0 Å². The number of benzene rings is 3. The lowest BCUT2D eigenvalue weighted by molar-refractivity contribution is -0.179. The van der Waals surface area contributed by atoms with Crippen LogP contribution in [0.5, 0.6) is 0 Å². The van der Waals surface area contributed by atoms with Gasteiger partial charge in [0.2, 0.25) is 11.8 Å². The van der Waals surface area contributed by atoms with E-state index < -0.39 is 47.4 Å². The summed E-state index contributed by atoms with van der Waals surface area (Å²) >= 11 is 0. The second-order valence-corrected chi connectivity index (χ2v) is 13.9. The molecule has 254 valence electrons. The maximum atomic E-state index is 13.6. The highest BCUT2D eigenvalue weighted by Crippen LogP contribution is 2.45. The van der Waals surface area contributed by atoms with Gasteiger partial charge in [-0.3, -0.25) is 14.4 Å². The second-order valence-electron chi connectivity index (χ2n) is 13.9. The van der Waals surface area contributed by atoms with Crippen LogP contribution < -0.4 is 10.6 Å². The standard InChI is InChI=1S/C39H46N2O7/c1-24(2)21-32-37(44)46-31(25(3)34-35(48-34)27-14-7-6-8-15-27)19-12-20-33(42)41-30(36(43)40-23-39(4,5)38(45)47-32)22-28-17-11-16-26-13-9-10-18-29(26)28/h6-18,20,24-25,30-32,34-35H,19,21-23H2,1-5H3,(H,40,43)(H,41,42)/b20-12+/t25-,30+,31-,32?,34+,35+/m0/s1. The Morgan fingerprint density at radius 1 is 0.875 bits per heavy atom. The normalized spacial score (nSPS) is 26.6. The number of cyclic esters (lactones) is 2. The van der Waals surface area contributed by atoms with Crippen molar-refractivity contribution in [2.75, 3.05) is 6.54 Å². The summed E-state index contributed by atoms with van der Waals surface area (Å²) in [6, 6.07) is 22.7. The Hall–Kier alpha value is -4.50. The number of amides is 2. The molecule has 0 aromatic heterocycles. The quantitative estimate of drug-likeness (QED) is 0.251. The van der Waals surface area contributed by atoms with E-state index in [1.807, 2.05) is 93.6 Å². The van der Waals surface area contributed by atoms with Crippen LogP contribution in [0.3, 0.4) is 0 Å². The number of ether oxygens (including phenoxy) is 3. The van der Waals surface area contributed by atoms with Crippen molar-refractivity contribution in [2.45, 2.75) is 84.3 Å². The van der Waals surface area contributed by atoms with E-state index >= 15 is 0 Å². The Bertz CT molecular complexity index is 1650. The Morgan fingerprint density at radius 2 is 1.58 bits per heavy atom. The van der Waals surface area contributed by atoms with E-state index in [1.165, 1.54) is 6.08 Å². The van der Waals surface area contributed by atoms with E-state index in [0.29, 0.717) is 0 Å². The summed E-state index contributed by atoms with van der Waals surface area (Å²) in [6.07, 6.45) is 1.63. The second kappa shape index (κ2) is 15.2. The molecular formula is C39H46N2O7. The van der Waals surface area contributed by atoms with Gasteiger partial charge in [-0.05, 0) is 54.2 Å². The number of nitrogens with one attached hydrogen (secondary N) is 2. The third kappa shape index (κ3) is 8.69. The summed E-state index contributed by atoms with van der Waals surface area (Å²) in [7, 11) is 0. The fraction of sp³-hybridized carbons (Fsp3) is 0.436. The predicted molar refractivity (Wildman–Crippen MR) is 183 cm³/mol. The van der Waals surface area contributed by atoms with Crippen LogP contribution >= 0.6 is 0 Å². The molecule has 2 amide bonds. The Morgan fingerprint density at radius 3 is 2.33 bits per heavy atom. The van der Waals surface area contributed by atoms with Crippen molar-refractivity contribution in [3.8, 4) is 0 Å². The molecule has 3 aromatic carbocycles. The van der Waals surface area contributed by atoms with Gasteiger partial charge in [0.1, 0.15) is 18.2 Å². The Labute approximate surface area is 282 Å². The number of carbonyl (C=O) groups is 4. The molecule has 6 atom stereocenters. The summed E-state index contributed by atoms with van der Waals surface area (Å²) < 4.78 is 17.9. The highest BCUT2D eigenvalue weighted by Gasteiger charge is 2.48. The van der Waals surface area contributed by atoms with Gasteiger partial charge in [0.05, 0.1) is 11.5 Å². The average Bonchev–Trinajstić information content (AvgIpc) is 3.87. The van der Waals surface area contributed by atoms with Gasteiger partial charge in [0, 0.05) is 25.3 Å². The minimum Gasteiger partial charge on any atom is -0.459 e. The molecule has 1 unspecified atom stereocenters. The van der Waals surface area contributed by atoms with Crippen molar-refractivity contribution in [3.05, 3.63) is 96.1 Å². The SMILES string of the molecule is CC(C)CC1OC(=O)C(C)(C)CNC(=O)[C@@H](Cc2cccc3ccccc23)NC(=O)/C=C/C[C@@H]([C@H](C)[C@H]2O[C@@H]2c2ccccc2)OC1=O. The molecule has 0 saturated carbocycles. The van der Waals surface area contributed by atoms with Crippen LogP contribution in [0.25, 0.3) is 10.8 Å². The third-order valence-corrected chi connectivity index (χ3v) is 9.06. The summed E-state index contributed by atoms with van der Waals surface area (Å²) in [5, 5.41) is 7.71. The van der Waals surface area contributed by atoms with E-state index in [-0.39, 0.29) is 49.9 Å². The number of hydrogen-bond acceptors (Lipinski definition) is 7. The number of epoxide rings is 1. The van der Waals surface area contributed by atoms with Crippen LogP contribution in [-0.4, -0.2) is 54.7 Å². The summed E-state index contributed by atoms with van der Waals surface area (Å²) in [5.41, 5.74) is 0.765. The predicted octanol–water partition coefficient (Wildman–Crippen LogP) is 5.62. The molecule has 9 heteroatoms. The lowest BCUT2D eigenvalue weighted by Crippen LogP contribution is -2.51. The van der Waals surface area contributed by atoms with Crippen LogP contribution in [0.1, 0.15) is 64.7 Å². The lowest BCUT2D eigenvalue weighted by Gasteiger charge is -2.29. The van der Waals surface area contributed by atoms with E-state index in [2.05, 4.69) is 10.6 Å². The molecule has 0 bridgehead atoms. The van der Waals surface area contributed by atoms with Crippen LogP contribution in [-0.2, 0) is 39.8 Å². The first-order chi connectivity index (χ1) is 22.9. The monoisotopic (exact) mass is 654 g/mol. The maximum Gasteiger partial charge on any atom is 0.347 e. The molecule has 2 aliphatic rings. The summed E-state index contributed by atoms with van der Waals surface area (Å²) in [6.45, 7) is 9.06. The molecule has 48 heavy (non-hydrogen) atoms. The van der Waals surface area contributed by atoms with Crippen molar-refractivity contribution in [2.24, 2.45) is 17.3 Å². The minimum absolute atomic E-state index is 0.0345. The Balaban J connectivity index is 1.42. The zero-order chi connectivity index (χ0) is 34.4. The molecule has 3 aromatic rings. The molecule has 1 fully saturated rings. The van der Waals surface area contributed by atoms with Crippen LogP contribution in [0.2, 0.25) is 0 Å². The van der Waals surface area contributed by atoms with Gasteiger partial charge in [-0.1, -0.05) is 99.6 Å². The first-order valence-electron chi connectivity index (χ1n) is 16.8. The fourth-order valence-corrected chi connectivity index (χ4v) is 6.08. The van der Waals surface area contributed by atoms with Crippen LogP contribution in [0.15, 0.2) is 84.9 Å². The smallest absolute Gasteiger partial charge is 0.347 e. The fourth-order valence-electron chi connectivity index (χ4n) is 6.08. The molecular weight excluding hydrogens is 608 g/mol. The van der Waals surface area contributed by atoms with Crippen molar-refractivity contribution in [3.63, 3.8) is 0 Å². The van der Waals surface area contributed by atoms with Gasteiger partial charge in [0.15, 0.2) is 6.10 Å². The molecule has 2 aliphatic heterocycles. The summed E-state index contributed by atoms with van der Waals surface area (Å²) in [4.78, 5) is 54.0. The number of carbonyl (C=O) groups excluding carboxylic acids is 4. The topological polar surface area (TPSA) is 123 Å². The van der Waals surface area contributed by atoms with Crippen molar-refractivity contribution >= 4 is 34.5 Å². The highest BCUT2D eigenvalue weighted by atomic mass is 16.6. The molecule has 5 rings (SSSR count). The van der Waals surface area contributed by atoms with Gasteiger partial charge in [0.25, 0.3) is 0 Å².